The molecule has 20 heavy (non-hydrogen) atoms. The van der Waals surface area contributed by atoms with Gasteiger partial charge in [-0.05, 0) is 37.6 Å². The van der Waals surface area contributed by atoms with Crippen LogP contribution in [0.2, 0.25) is 25.7 Å². The first-order valence-electron chi connectivity index (χ1n) is 7.36. The zero-order valence-corrected chi connectivity index (χ0v) is 14.5. The molecule has 0 aliphatic heterocycles. The lowest BCUT2D eigenvalue weighted by Gasteiger charge is -2.18. The van der Waals surface area contributed by atoms with Crippen molar-refractivity contribution in [3.63, 3.8) is 0 Å². The van der Waals surface area contributed by atoms with Crippen molar-refractivity contribution >= 4 is 13.9 Å². The Balaban J connectivity index is 2.45. The van der Waals surface area contributed by atoms with Crippen LogP contribution in [0.5, 0.6) is 5.75 Å². The van der Waals surface area contributed by atoms with Crippen molar-refractivity contribution in [2.24, 2.45) is 0 Å². The Bertz CT molecular complexity index is 423. The van der Waals surface area contributed by atoms with Crippen molar-refractivity contribution in [2.45, 2.75) is 39.0 Å². The van der Waals surface area contributed by atoms with E-state index in [1.54, 1.807) is 0 Å². The van der Waals surface area contributed by atoms with E-state index in [0.717, 1.165) is 30.9 Å². The second-order valence-corrected chi connectivity index (χ2v) is 12.0. The maximum atomic E-state index is 8.03. The van der Waals surface area contributed by atoms with E-state index in [1.807, 2.05) is 43.1 Å². The van der Waals surface area contributed by atoms with E-state index < -0.39 is 8.07 Å². The van der Waals surface area contributed by atoms with Crippen LogP contribution in [-0.2, 0) is 0 Å². The van der Waals surface area contributed by atoms with Crippen LogP contribution in [0.25, 0.3) is 0 Å². The van der Waals surface area contributed by atoms with Gasteiger partial charge in [-0.15, -0.1) is 0 Å². The van der Waals surface area contributed by atoms with E-state index in [4.69, 9.17) is 10.1 Å². The lowest BCUT2D eigenvalue weighted by Crippen LogP contribution is -2.26. The van der Waals surface area contributed by atoms with Gasteiger partial charge in [0.2, 0.25) is 0 Å². The van der Waals surface area contributed by atoms with Crippen LogP contribution in [0, 0.1) is 5.41 Å². The topological polar surface area (TPSA) is 36.3 Å². The summed E-state index contributed by atoms with van der Waals surface area (Å²) in [7, 11) is 0.984. The summed E-state index contributed by atoms with van der Waals surface area (Å²) >= 11 is 0. The number of amidine groups is 1. The highest BCUT2D eigenvalue weighted by Crippen LogP contribution is 2.15. The van der Waals surface area contributed by atoms with Crippen LogP contribution in [0.3, 0.4) is 0 Å². The summed E-state index contributed by atoms with van der Waals surface area (Å²) in [5.41, 5.74) is 0.934. The van der Waals surface area contributed by atoms with Crippen LogP contribution < -0.4 is 4.74 Å². The van der Waals surface area contributed by atoms with Crippen LogP contribution in [0.15, 0.2) is 24.3 Å². The van der Waals surface area contributed by atoms with Gasteiger partial charge >= 0.3 is 0 Å². The molecule has 1 aromatic carbocycles. The number of benzene rings is 1. The molecule has 0 fully saturated rings. The molecule has 0 atom stereocenters. The molecular formula is C16H28N2OSi. The lowest BCUT2D eigenvalue weighted by molar-refractivity contribution is 0.317. The van der Waals surface area contributed by atoms with Crippen molar-refractivity contribution in [1.29, 1.82) is 5.41 Å². The molecule has 112 valence electrons. The predicted octanol–water partition coefficient (Wildman–Crippen LogP) is 4.07. The highest BCUT2D eigenvalue weighted by molar-refractivity contribution is 6.76. The molecule has 0 saturated heterocycles. The van der Waals surface area contributed by atoms with Gasteiger partial charge in [-0.25, -0.2) is 0 Å². The molecule has 3 nitrogen and oxygen atoms in total. The van der Waals surface area contributed by atoms with E-state index in [-0.39, 0.29) is 0 Å². The van der Waals surface area contributed by atoms with Crippen molar-refractivity contribution in [3.8, 4) is 5.75 Å². The molecule has 0 unspecified atom stereocenters. The Hall–Kier alpha value is -1.29. The molecule has 0 heterocycles. The number of hydrogen-bond acceptors (Lipinski definition) is 2. The summed E-state index contributed by atoms with van der Waals surface area (Å²) in [6.45, 7) is 10.8. The van der Waals surface area contributed by atoms with Gasteiger partial charge in [0.15, 0.2) is 0 Å². The maximum absolute atomic E-state index is 8.03. The molecule has 0 bridgehead atoms. The third-order valence-electron chi connectivity index (χ3n) is 3.32. The highest BCUT2D eigenvalue weighted by atomic mass is 28.3. The third kappa shape index (κ3) is 5.78. The summed E-state index contributed by atoms with van der Waals surface area (Å²) in [6.07, 6.45) is 1.13. The summed E-state index contributed by atoms with van der Waals surface area (Å²) in [4.78, 5) is 1.92. The second kappa shape index (κ2) is 7.48. The fourth-order valence-electron chi connectivity index (χ4n) is 1.88. The average molecular weight is 292 g/mol. The molecule has 0 aliphatic rings. The fraction of sp³-hybridized carbons (Fsp3) is 0.562. The van der Waals surface area contributed by atoms with E-state index in [2.05, 4.69) is 19.6 Å². The molecule has 0 spiro atoms. The molecule has 0 amide bonds. The van der Waals surface area contributed by atoms with Gasteiger partial charge in [0.25, 0.3) is 0 Å². The highest BCUT2D eigenvalue weighted by Gasteiger charge is 2.12. The first kappa shape index (κ1) is 16.8. The first-order chi connectivity index (χ1) is 9.33. The minimum Gasteiger partial charge on any atom is -0.494 e. The molecule has 0 aromatic heterocycles. The molecule has 1 rings (SSSR count). The molecule has 1 aromatic rings. The number of hydrogen-bond donors (Lipinski definition) is 1. The Morgan fingerprint density at radius 2 is 1.80 bits per heavy atom. The maximum Gasteiger partial charge on any atom is 0.127 e. The summed E-state index contributed by atoms with van der Waals surface area (Å²) in [5, 5.41) is 8.03. The Morgan fingerprint density at radius 3 is 2.30 bits per heavy atom. The number of rotatable bonds is 7. The SMILES string of the molecule is CCN(C)C(=N)c1ccc(OCCC[Si](C)(C)C)cc1. The Kier molecular flexibility index (Phi) is 6.27. The van der Waals surface area contributed by atoms with Gasteiger partial charge in [-0.2, -0.15) is 0 Å². The Morgan fingerprint density at radius 1 is 1.20 bits per heavy atom. The summed E-state index contributed by atoms with van der Waals surface area (Å²) in [6, 6.07) is 9.14. The number of nitrogens with one attached hydrogen (secondary N) is 1. The normalized spacial score (nSPS) is 11.2. The molecule has 0 radical (unpaired) electrons. The van der Waals surface area contributed by atoms with Crippen LogP contribution in [0.1, 0.15) is 18.9 Å². The van der Waals surface area contributed by atoms with E-state index >= 15 is 0 Å². The average Bonchev–Trinajstić information content (AvgIpc) is 2.41. The second-order valence-electron chi connectivity index (χ2n) is 6.40. The van der Waals surface area contributed by atoms with Gasteiger partial charge in [-0.1, -0.05) is 25.7 Å². The summed E-state index contributed by atoms with van der Waals surface area (Å²) < 4.78 is 5.76. The number of nitrogens with zero attached hydrogens (tertiary/aromatic N) is 1. The van der Waals surface area contributed by atoms with Crippen LogP contribution >= 0.6 is 0 Å². The first-order valence-corrected chi connectivity index (χ1v) is 11.1. The zero-order chi connectivity index (χ0) is 15.2. The zero-order valence-electron chi connectivity index (χ0n) is 13.5. The molecule has 1 N–H and O–H groups in total. The minimum atomic E-state index is -0.950. The fourth-order valence-corrected chi connectivity index (χ4v) is 3.09. The monoisotopic (exact) mass is 292 g/mol. The smallest absolute Gasteiger partial charge is 0.127 e. The van der Waals surface area contributed by atoms with Crippen LogP contribution in [-0.4, -0.2) is 39.0 Å². The lowest BCUT2D eigenvalue weighted by atomic mass is 10.2. The van der Waals surface area contributed by atoms with Gasteiger partial charge in [0.05, 0.1) is 6.61 Å². The summed E-state index contributed by atoms with van der Waals surface area (Å²) in [5.74, 6) is 1.45. The van der Waals surface area contributed by atoms with Gasteiger partial charge in [0.1, 0.15) is 11.6 Å². The van der Waals surface area contributed by atoms with Crippen molar-refractivity contribution in [1.82, 2.24) is 4.90 Å². The molecule has 4 heteroatoms. The largest absolute Gasteiger partial charge is 0.494 e. The minimum absolute atomic E-state index is 0.554. The van der Waals surface area contributed by atoms with Crippen molar-refractivity contribution in [3.05, 3.63) is 29.8 Å². The van der Waals surface area contributed by atoms with Gasteiger partial charge in [0, 0.05) is 27.2 Å². The molecule has 0 saturated carbocycles. The van der Waals surface area contributed by atoms with Gasteiger partial charge in [-0.3, -0.25) is 5.41 Å². The standard InChI is InChI=1S/C16H28N2OSi/c1-6-18(2)16(17)14-8-10-15(11-9-14)19-12-7-13-20(3,4)5/h8-11,17H,6-7,12-13H2,1-5H3. The molecular weight excluding hydrogens is 264 g/mol. The van der Waals surface area contributed by atoms with Gasteiger partial charge < -0.3 is 9.64 Å². The van der Waals surface area contributed by atoms with Crippen LogP contribution in [0.4, 0.5) is 0 Å². The van der Waals surface area contributed by atoms with Crippen molar-refractivity contribution in [2.75, 3.05) is 20.2 Å². The Labute approximate surface area is 124 Å². The van der Waals surface area contributed by atoms with E-state index in [1.165, 1.54) is 6.04 Å². The predicted molar refractivity (Wildman–Crippen MR) is 89.8 cm³/mol. The van der Waals surface area contributed by atoms with Crippen molar-refractivity contribution < 1.29 is 4.74 Å². The number of ether oxygens (including phenoxy) is 1. The third-order valence-corrected chi connectivity index (χ3v) is 5.18. The van der Waals surface area contributed by atoms with E-state index in [9.17, 15) is 0 Å². The molecule has 0 aliphatic carbocycles. The van der Waals surface area contributed by atoms with E-state index in [0.29, 0.717) is 5.84 Å². The quantitative estimate of drug-likeness (QED) is 0.356.